The SMILES string of the molecule is CC(C)CC1NC(=O)C(C)N(C2CCC(C)CC2C)C1=O. The number of hydrogen-bond acceptors (Lipinski definition) is 2. The van der Waals surface area contributed by atoms with Crippen molar-refractivity contribution < 1.29 is 9.59 Å². The second-order valence-corrected chi connectivity index (χ2v) is 7.58. The van der Waals surface area contributed by atoms with Gasteiger partial charge in [-0.25, -0.2) is 0 Å². The Hall–Kier alpha value is -1.06. The molecule has 2 aliphatic rings. The van der Waals surface area contributed by atoms with Crippen molar-refractivity contribution in [3.63, 3.8) is 0 Å². The highest BCUT2D eigenvalue weighted by atomic mass is 16.2. The molecule has 2 rings (SSSR count). The number of nitrogens with zero attached hydrogens (tertiary/aromatic N) is 1. The monoisotopic (exact) mass is 294 g/mol. The summed E-state index contributed by atoms with van der Waals surface area (Å²) in [5, 5.41) is 2.91. The van der Waals surface area contributed by atoms with E-state index in [1.54, 1.807) is 0 Å². The van der Waals surface area contributed by atoms with Crippen LogP contribution in [0.5, 0.6) is 0 Å². The van der Waals surface area contributed by atoms with E-state index < -0.39 is 0 Å². The minimum Gasteiger partial charge on any atom is -0.343 e. The first-order valence-corrected chi connectivity index (χ1v) is 8.43. The summed E-state index contributed by atoms with van der Waals surface area (Å²) in [4.78, 5) is 27.0. The van der Waals surface area contributed by atoms with Gasteiger partial charge in [0.15, 0.2) is 0 Å². The molecule has 2 fully saturated rings. The molecule has 0 bridgehead atoms. The van der Waals surface area contributed by atoms with E-state index in [0.29, 0.717) is 11.8 Å². The lowest BCUT2D eigenvalue weighted by Gasteiger charge is -2.47. The van der Waals surface area contributed by atoms with E-state index in [-0.39, 0.29) is 29.9 Å². The van der Waals surface area contributed by atoms with E-state index in [9.17, 15) is 9.59 Å². The van der Waals surface area contributed by atoms with Gasteiger partial charge in [-0.15, -0.1) is 0 Å². The maximum absolute atomic E-state index is 12.9. The Labute approximate surface area is 128 Å². The van der Waals surface area contributed by atoms with Crippen molar-refractivity contribution in [2.24, 2.45) is 17.8 Å². The average Bonchev–Trinajstić information content (AvgIpc) is 2.38. The van der Waals surface area contributed by atoms with Crippen LogP contribution < -0.4 is 5.32 Å². The molecule has 5 unspecified atom stereocenters. The largest absolute Gasteiger partial charge is 0.343 e. The zero-order valence-corrected chi connectivity index (χ0v) is 14.1. The van der Waals surface area contributed by atoms with Crippen LogP contribution in [0, 0.1) is 17.8 Å². The fourth-order valence-electron chi connectivity index (χ4n) is 4.00. The van der Waals surface area contributed by atoms with Crippen molar-refractivity contribution in [1.82, 2.24) is 10.2 Å². The molecule has 0 spiro atoms. The first-order valence-electron chi connectivity index (χ1n) is 8.43. The summed E-state index contributed by atoms with van der Waals surface area (Å²) in [5.41, 5.74) is 0. The fraction of sp³-hybridized carbons (Fsp3) is 0.882. The van der Waals surface area contributed by atoms with Gasteiger partial charge < -0.3 is 10.2 Å². The van der Waals surface area contributed by atoms with Gasteiger partial charge in [-0.1, -0.05) is 27.7 Å². The van der Waals surface area contributed by atoms with Crippen LogP contribution in [0.3, 0.4) is 0 Å². The first-order chi connectivity index (χ1) is 9.81. The van der Waals surface area contributed by atoms with Gasteiger partial charge in [0.2, 0.25) is 11.8 Å². The van der Waals surface area contributed by atoms with Gasteiger partial charge in [0, 0.05) is 6.04 Å². The highest BCUT2D eigenvalue weighted by Gasteiger charge is 2.44. The summed E-state index contributed by atoms with van der Waals surface area (Å²) in [6.07, 6.45) is 4.06. The normalized spacial score (nSPS) is 37.8. The number of carbonyl (C=O) groups is 2. The zero-order chi connectivity index (χ0) is 15.7. The Morgan fingerprint density at radius 1 is 1.19 bits per heavy atom. The topological polar surface area (TPSA) is 49.4 Å². The zero-order valence-electron chi connectivity index (χ0n) is 14.1. The van der Waals surface area contributed by atoms with Gasteiger partial charge in [-0.2, -0.15) is 0 Å². The molecule has 1 saturated carbocycles. The van der Waals surface area contributed by atoms with Crippen LogP contribution in [0.4, 0.5) is 0 Å². The number of rotatable bonds is 3. The second kappa shape index (κ2) is 6.37. The number of amides is 2. The second-order valence-electron chi connectivity index (χ2n) is 7.58. The van der Waals surface area contributed by atoms with Crippen LogP contribution in [0.1, 0.15) is 60.3 Å². The van der Waals surface area contributed by atoms with Crippen molar-refractivity contribution in [1.29, 1.82) is 0 Å². The minimum absolute atomic E-state index is 0.00562. The van der Waals surface area contributed by atoms with Gasteiger partial charge in [-0.3, -0.25) is 9.59 Å². The molecule has 1 heterocycles. The Balaban J connectivity index is 2.18. The summed E-state index contributed by atoms with van der Waals surface area (Å²) in [6, 6.07) is -0.438. The lowest BCUT2D eigenvalue weighted by atomic mass is 9.78. The predicted octanol–water partition coefficient (Wildman–Crippen LogP) is 2.57. The Bertz CT molecular complexity index is 408. The number of piperazine rings is 1. The predicted molar refractivity (Wildman–Crippen MR) is 83.7 cm³/mol. The summed E-state index contributed by atoms with van der Waals surface area (Å²) in [6.45, 7) is 10.6. The van der Waals surface area contributed by atoms with Gasteiger partial charge in [0.25, 0.3) is 0 Å². The van der Waals surface area contributed by atoms with Gasteiger partial charge >= 0.3 is 0 Å². The van der Waals surface area contributed by atoms with E-state index in [1.807, 2.05) is 11.8 Å². The van der Waals surface area contributed by atoms with E-state index in [2.05, 4.69) is 33.0 Å². The molecular weight excluding hydrogens is 264 g/mol. The van der Waals surface area contributed by atoms with Crippen LogP contribution in [0.2, 0.25) is 0 Å². The van der Waals surface area contributed by atoms with Crippen molar-refractivity contribution in [3.05, 3.63) is 0 Å². The average molecular weight is 294 g/mol. The molecule has 1 saturated heterocycles. The molecule has 4 heteroatoms. The summed E-state index contributed by atoms with van der Waals surface area (Å²) in [7, 11) is 0. The molecule has 0 aromatic rings. The third kappa shape index (κ3) is 3.41. The van der Waals surface area contributed by atoms with Crippen molar-refractivity contribution in [2.45, 2.75) is 78.4 Å². The maximum atomic E-state index is 12.9. The minimum atomic E-state index is -0.333. The highest BCUT2D eigenvalue weighted by molar-refractivity contribution is 5.96. The quantitative estimate of drug-likeness (QED) is 0.869. The van der Waals surface area contributed by atoms with Gasteiger partial charge in [0.1, 0.15) is 12.1 Å². The molecule has 1 N–H and O–H groups in total. The Morgan fingerprint density at radius 2 is 1.86 bits per heavy atom. The molecule has 2 amide bonds. The smallest absolute Gasteiger partial charge is 0.246 e. The molecule has 4 nitrogen and oxygen atoms in total. The van der Waals surface area contributed by atoms with E-state index in [4.69, 9.17) is 0 Å². The summed E-state index contributed by atoms with van der Waals surface area (Å²) >= 11 is 0. The van der Waals surface area contributed by atoms with Crippen LogP contribution in [-0.4, -0.2) is 34.8 Å². The Kier molecular flexibility index (Phi) is 4.95. The maximum Gasteiger partial charge on any atom is 0.246 e. The lowest BCUT2D eigenvalue weighted by molar-refractivity contribution is -0.154. The first kappa shape index (κ1) is 16.3. The van der Waals surface area contributed by atoms with Gasteiger partial charge in [0.05, 0.1) is 0 Å². The molecule has 120 valence electrons. The fourth-order valence-corrected chi connectivity index (χ4v) is 4.00. The van der Waals surface area contributed by atoms with E-state index in [1.165, 1.54) is 0 Å². The molecule has 1 aliphatic carbocycles. The number of nitrogens with one attached hydrogen (secondary N) is 1. The molecular formula is C17H30N2O2. The highest BCUT2D eigenvalue weighted by Crippen LogP contribution is 2.34. The Morgan fingerprint density at radius 3 is 2.43 bits per heavy atom. The van der Waals surface area contributed by atoms with E-state index >= 15 is 0 Å². The number of carbonyl (C=O) groups excluding carboxylic acids is 2. The molecule has 1 aliphatic heterocycles. The van der Waals surface area contributed by atoms with Crippen molar-refractivity contribution >= 4 is 11.8 Å². The third-order valence-corrected chi connectivity index (χ3v) is 5.12. The van der Waals surface area contributed by atoms with Crippen LogP contribution in [-0.2, 0) is 9.59 Å². The van der Waals surface area contributed by atoms with Crippen molar-refractivity contribution in [3.8, 4) is 0 Å². The van der Waals surface area contributed by atoms with Crippen LogP contribution >= 0.6 is 0 Å². The third-order valence-electron chi connectivity index (χ3n) is 5.12. The summed E-state index contributed by atoms with van der Waals surface area (Å²) in [5.74, 6) is 1.74. The molecule has 0 aromatic heterocycles. The van der Waals surface area contributed by atoms with Crippen LogP contribution in [0.15, 0.2) is 0 Å². The molecule has 21 heavy (non-hydrogen) atoms. The molecule has 0 radical (unpaired) electrons. The summed E-state index contributed by atoms with van der Waals surface area (Å²) < 4.78 is 0. The van der Waals surface area contributed by atoms with E-state index in [0.717, 1.165) is 31.6 Å². The van der Waals surface area contributed by atoms with Crippen LogP contribution in [0.25, 0.3) is 0 Å². The molecule has 0 aromatic carbocycles. The van der Waals surface area contributed by atoms with Crippen molar-refractivity contribution in [2.75, 3.05) is 0 Å². The molecule has 5 atom stereocenters. The number of hydrogen-bond donors (Lipinski definition) is 1. The lowest BCUT2D eigenvalue weighted by Crippen LogP contribution is -2.66. The standard InChI is InChI=1S/C17H30N2O2/c1-10(2)8-14-17(21)19(13(5)16(20)18-14)15-7-6-11(3)9-12(15)4/h10-15H,6-9H2,1-5H3,(H,18,20). The van der Waals surface area contributed by atoms with Gasteiger partial charge in [-0.05, 0) is 50.4 Å².